The van der Waals surface area contributed by atoms with Crippen LogP contribution in [0.1, 0.15) is 16.7 Å². The van der Waals surface area contributed by atoms with Crippen LogP contribution in [0.3, 0.4) is 0 Å². The summed E-state index contributed by atoms with van der Waals surface area (Å²) in [5.74, 6) is -0.0447. The van der Waals surface area contributed by atoms with Gasteiger partial charge in [-0.25, -0.2) is 5.43 Å². The van der Waals surface area contributed by atoms with E-state index in [-0.39, 0.29) is 30.0 Å². The molecule has 4 rings (SSSR count). The summed E-state index contributed by atoms with van der Waals surface area (Å²) in [5.41, 5.74) is 3.75. The van der Waals surface area contributed by atoms with Crippen molar-refractivity contribution < 1.29 is 19.4 Å². The van der Waals surface area contributed by atoms with Crippen LogP contribution in [0.4, 0.5) is 11.4 Å². The van der Waals surface area contributed by atoms with Crippen LogP contribution in [0.5, 0.6) is 5.75 Å². The van der Waals surface area contributed by atoms with Crippen LogP contribution in [0.15, 0.2) is 90.0 Å². The van der Waals surface area contributed by atoms with Gasteiger partial charge >= 0.3 is 0 Å². The Bertz CT molecular complexity index is 1480. The summed E-state index contributed by atoms with van der Waals surface area (Å²) in [4.78, 5) is 33.6. The van der Waals surface area contributed by atoms with Gasteiger partial charge in [-0.2, -0.15) is 5.10 Å². The first-order valence-corrected chi connectivity index (χ1v) is 10.8. The molecule has 10 heteroatoms. The highest BCUT2D eigenvalue weighted by atomic mass is 16.6. The van der Waals surface area contributed by atoms with Gasteiger partial charge in [-0.3, -0.25) is 25.0 Å². The molecule has 0 atom stereocenters. The number of benzene rings is 4. The average molecular weight is 484 g/mol. The monoisotopic (exact) mass is 484 g/mol. The van der Waals surface area contributed by atoms with Crippen LogP contribution >= 0.6 is 0 Å². The minimum Gasteiger partial charge on any atom is -0.488 e. The second-order valence-electron chi connectivity index (χ2n) is 7.77. The lowest BCUT2D eigenvalue weighted by atomic mass is 10.0. The van der Waals surface area contributed by atoms with Gasteiger partial charge in [-0.15, -0.1) is 0 Å². The highest BCUT2D eigenvalue weighted by Gasteiger charge is 2.15. The normalized spacial score (nSPS) is 10.9. The Labute approximate surface area is 205 Å². The van der Waals surface area contributed by atoms with Gasteiger partial charge in [0.05, 0.1) is 22.5 Å². The lowest BCUT2D eigenvalue weighted by Gasteiger charge is -2.12. The van der Waals surface area contributed by atoms with Crippen LogP contribution in [0, 0.1) is 20.2 Å². The van der Waals surface area contributed by atoms with Crippen molar-refractivity contribution in [3.63, 3.8) is 0 Å². The largest absolute Gasteiger partial charge is 0.488 e. The number of nitro groups is 2. The zero-order valence-corrected chi connectivity index (χ0v) is 18.9. The molecule has 0 aliphatic carbocycles. The number of nitro benzene ring substituents is 2. The molecule has 1 amide bonds. The van der Waals surface area contributed by atoms with Gasteiger partial charge in [-0.05, 0) is 22.4 Å². The lowest BCUT2D eigenvalue weighted by molar-refractivity contribution is -0.385. The molecule has 10 nitrogen and oxygen atoms in total. The predicted molar refractivity (Wildman–Crippen MR) is 134 cm³/mol. The molecule has 0 aliphatic rings. The summed E-state index contributed by atoms with van der Waals surface area (Å²) in [5, 5.41) is 28.0. The predicted octanol–water partition coefficient (Wildman–Crippen LogP) is 4.93. The number of nitrogens with zero attached hydrogens (tertiary/aromatic N) is 3. The Morgan fingerprint density at radius 1 is 0.917 bits per heavy atom. The number of para-hydroxylation sites is 1. The third-order valence-corrected chi connectivity index (χ3v) is 5.37. The fourth-order valence-electron chi connectivity index (χ4n) is 3.68. The lowest BCUT2D eigenvalue weighted by Crippen LogP contribution is -2.20. The molecule has 0 aliphatic heterocycles. The zero-order valence-electron chi connectivity index (χ0n) is 18.9. The van der Waals surface area contributed by atoms with Gasteiger partial charge in [0.1, 0.15) is 12.4 Å². The Balaban J connectivity index is 1.54. The first kappa shape index (κ1) is 24.0. The van der Waals surface area contributed by atoms with Crippen LogP contribution in [0.2, 0.25) is 0 Å². The minimum atomic E-state index is -0.535. The molecule has 0 bridgehead atoms. The maximum Gasteiger partial charge on any atom is 0.273 e. The topological polar surface area (TPSA) is 137 Å². The van der Waals surface area contributed by atoms with E-state index in [1.54, 1.807) is 24.3 Å². The van der Waals surface area contributed by atoms with Gasteiger partial charge in [0.15, 0.2) is 0 Å². The van der Waals surface area contributed by atoms with Crippen molar-refractivity contribution in [1.29, 1.82) is 0 Å². The first-order valence-electron chi connectivity index (χ1n) is 10.8. The molecule has 180 valence electrons. The van der Waals surface area contributed by atoms with Crippen molar-refractivity contribution in [3.05, 3.63) is 122 Å². The zero-order chi connectivity index (χ0) is 25.5. The number of amides is 1. The molecule has 0 radical (unpaired) electrons. The Kier molecular flexibility index (Phi) is 7.25. The van der Waals surface area contributed by atoms with E-state index in [9.17, 15) is 25.0 Å². The van der Waals surface area contributed by atoms with Crippen LogP contribution in [0.25, 0.3) is 10.8 Å². The smallest absolute Gasteiger partial charge is 0.273 e. The molecule has 0 aromatic heterocycles. The summed E-state index contributed by atoms with van der Waals surface area (Å²) in [6, 6.07) is 23.4. The third-order valence-electron chi connectivity index (χ3n) is 5.37. The second-order valence-corrected chi connectivity index (χ2v) is 7.77. The number of carbonyl (C=O) groups is 1. The van der Waals surface area contributed by atoms with Gasteiger partial charge in [-0.1, -0.05) is 60.7 Å². The molecule has 4 aromatic rings. The molecular weight excluding hydrogens is 464 g/mol. The van der Waals surface area contributed by atoms with E-state index in [0.29, 0.717) is 16.9 Å². The van der Waals surface area contributed by atoms with Gasteiger partial charge in [0, 0.05) is 29.3 Å². The summed E-state index contributed by atoms with van der Waals surface area (Å²) >= 11 is 0. The number of hydrogen-bond donors (Lipinski definition) is 1. The number of fused-ring (bicyclic) bond motifs is 1. The first-order chi connectivity index (χ1) is 17.4. The van der Waals surface area contributed by atoms with E-state index in [4.69, 9.17) is 4.74 Å². The van der Waals surface area contributed by atoms with E-state index >= 15 is 0 Å². The standard InChI is InChI=1S/C26H20N4O6/c31-26(15-20-8-2-4-11-24(20)30(34)35)28-27-16-23-22-10-3-1-7-19(22)12-13-25(23)36-17-18-6-5-9-21(14-18)29(32)33/h1-14,16H,15,17H2,(H,28,31)/b27-16+. The maximum atomic E-state index is 12.4. The van der Waals surface area contributed by atoms with Crippen LogP contribution < -0.4 is 10.2 Å². The number of non-ortho nitro benzene ring substituents is 1. The quantitative estimate of drug-likeness (QED) is 0.203. The van der Waals surface area contributed by atoms with Crippen molar-refractivity contribution in [2.75, 3.05) is 0 Å². The Hall–Kier alpha value is -5.12. The fraction of sp³-hybridized carbons (Fsp3) is 0.0769. The van der Waals surface area contributed by atoms with Crippen LogP contribution in [-0.4, -0.2) is 22.0 Å². The molecule has 0 spiro atoms. The van der Waals surface area contributed by atoms with Crippen LogP contribution in [-0.2, 0) is 17.8 Å². The van der Waals surface area contributed by atoms with Crippen molar-refractivity contribution in [3.8, 4) is 5.75 Å². The van der Waals surface area contributed by atoms with E-state index < -0.39 is 15.8 Å². The molecule has 0 saturated heterocycles. The van der Waals surface area contributed by atoms with Gasteiger partial charge < -0.3 is 4.74 Å². The molecule has 0 saturated carbocycles. The van der Waals surface area contributed by atoms with Gasteiger partial charge in [0.25, 0.3) is 11.4 Å². The highest BCUT2D eigenvalue weighted by molar-refractivity contribution is 6.02. The second kappa shape index (κ2) is 10.9. The summed E-state index contributed by atoms with van der Waals surface area (Å²) < 4.78 is 5.96. The summed E-state index contributed by atoms with van der Waals surface area (Å²) in [7, 11) is 0. The van der Waals surface area contributed by atoms with Crippen molar-refractivity contribution in [2.45, 2.75) is 13.0 Å². The fourth-order valence-corrected chi connectivity index (χ4v) is 3.68. The van der Waals surface area contributed by atoms with Crippen molar-refractivity contribution in [2.24, 2.45) is 5.10 Å². The van der Waals surface area contributed by atoms with E-state index in [1.807, 2.05) is 30.3 Å². The number of hydrazone groups is 1. The van der Waals surface area contributed by atoms with Crippen molar-refractivity contribution in [1.82, 2.24) is 5.43 Å². The molecule has 0 heterocycles. The number of ether oxygens (including phenoxy) is 1. The van der Waals surface area contributed by atoms with Crippen molar-refractivity contribution >= 4 is 34.3 Å². The minimum absolute atomic E-state index is 0.0298. The van der Waals surface area contributed by atoms with E-state index in [1.165, 1.54) is 36.5 Å². The molecule has 36 heavy (non-hydrogen) atoms. The molecule has 0 fully saturated rings. The summed E-state index contributed by atoms with van der Waals surface area (Å²) in [6.07, 6.45) is 1.24. The molecule has 0 unspecified atom stereocenters. The van der Waals surface area contributed by atoms with E-state index in [2.05, 4.69) is 10.5 Å². The third kappa shape index (κ3) is 5.68. The number of carbonyl (C=O) groups excluding carboxylic acids is 1. The number of rotatable bonds is 9. The molecule has 1 N–H and O–H groups in total. The Morgan fingerprint density at radius 3 is 2.50 bits per heavy atom. The number of nitrogens with one attached hydrogen (secondary N) is 1. The maximum absolute atomic E-state index is 12.4. The molecule has 4 aromatic carbocycles. The SMILES string of the molecule is O=C(Cc1ccccc1[N+](=O)[O-])N/N=C/c1c(OCc2cccc([N+](=O)[O-])c2)ccc2ccccc12. The molecular formula is C26H20N4O6. The average Bonchev–Trinajstić information content (AvgIpc) is 2.88. The van der Waals surface area contributed by atoms with Gasteiger partial charge in [0.2, 0.25) is 5.91 Å². The summed E-state index contributed by atoms with van der Waals surface area (Å²) in [6.45, 7) is 0.0882. The highest BCUT2D eigenvalue weighted by Crippen LogP contribution is 2.28. The number of hydrogen-bond acceptors (Lipinski definition) is 7. The Morgan fingerprint density at radius 2 is 1.69 bits per heavy atom. The van der Waals surface area contributed by atoms with E-state index in [0.717, 1.165) is 10.8 Å².